The van der Waals surface area contributed by atoms with Gasteiger partial charge in [0.2, 0.25) is 0 Å². The predicted octanol–water partition coefficient (Wildman–Crippen LogP) is 12.9. The fraction of sp³-hybridized carbons (Fsp3) is 0.0370. The summed E-state index contributed by atoms with van der Waals surface area (Å²) in [5, 5.41) is 2.76. The number of rotatable bonds is 7. The summed E-state index contributed by atoms with van der Waals surface area (Å²) in [5.41, 5.74) is 17.5. The largest absolute Gasteiger partial charge is 0.228 e. The van der Waals surface area contributed by atoms with Crippen LogP contribution in [0.25, 0.3) is 89.5 Å². The maximum atomic E-state index is 5.31. The second kappa shape index (κ2) is 14.3. The van der Waals surface area contributed by atoms with Crippen molar-refractivity contribution in [3.8, 4) is 89.5 Å². The molecule has 0 aliphatic carbocycles. The summed E-state index contributed by atoms with van der Waals surface area (Å²) >= 11 is 0. The topological polar surface area (TPSA) is 25.8 Å². The molecule has 0 saturated heterocycles. The zero-order valence-corrected chi connectivity index (χ0v) is 33.0. The maximum absolute atomic E-state index is 5.31. The molecule has 1 aromatic heterocycles. The Labute approximate surface area is 335 Å². The molecule has 0 radical (unpaired) electrons. The number of hydrogen-bond acceptors (Lipinski definition) is 2. The SMILES string of the molecule is C[Si]1(C)c2ccccc2-c2nc(-c3ccc(-c4cccc(-c5ccc(-c6cc(-c7ccccc7)cc(-c7ccccc7)c6)cc5)c4)cc3)nc(-c3ccccc3)c21. The summed E-state index contributed by atoms with van der Waals surface area (Å²) in [5.74, 6) is 0.764. The summed E-state index contributed by atoms with van der Waals surface area (Å²) in [7, 11) is -2.00. The van der Waals surface area contributed by atoms with E-state index in [1.807, 2.05) is 0 Å². The van der Waals surface area contributed by atoms with Crippen molar-refractivity contribution < 1.29 is 0 Å². The Morgan fingerprint density at radius 3 is 1.19 bits per heavy atom. The first-order valence-electron chi connectivity index (χ1n) is 19.6. The minimum atomic E-state index is -2.00. The second-order valence-corrected chi connectivity index (χ2v) is 19.7. The normalized spacial score (nSPS) is 12.5. The second-order valence-electron chi connectivity index (χ2n) is 15.4. The molecular weight excluding hydrogens is 705 g/mol. The maximum Gasteiger partial charge on any atom is 0.160 e. The summed E-state index contributed by atoms with van der Waals surface area (Å²) < 4.78 is 0. The smallest absolute Gasteiger partial charge is 0.160 e. The summed E-state index contributed by atoms with van der Waals surface area (Å²) in [6.45, 7) is 4.85. The lowest BCUT2D eigenvalue weighted by Crippen LogP contribution is -2.50. The molecule has 9 aromatic rings. The van der Waals surface area contributed by atoms with Crippen LogP contribution in [-0.2, 0) is 0 Å². The van der Waals surface area contributed by atoms with E-state index in [1.54, 1.807) is 0 Å². The van der Waals surface area contributed by atoms with E-state index in [9.17, 15) is 0 Å². The standard InChI is InChI=1S/C54H40N2Si/c1-57(2)50-24-13-12-23-49(50)52-53(57)51(42-19-10-5-11-20-42)55-54(56-52)43-31-29-40(30-32-43)45-22-14-21-44(33-45)39-25-27-41(28-26-39)48-35-46(37-15-6-3-7-16-37)34-47(36-48)38-17-8-4-9-18-38/h3-36H,1-2H3. The molecule has 0 unspecified atom stereocenters. The van der Waals surface area contributed by atoms with Gasteiger partial charge in [0.05, 0.1) is 11.4 Å². The molecule has 0 amide bonds. The first-order chi connectivity index (χ1) is 28.0. The van der Waals surface area contributed by atoms with Crippen LogP contribution in [0.4, 0.5) is 0 Å². The van der Waals surface area contributed by atoms with Gasteiger partial charge in [0.25, 0.3) is 0 Å². The summed E-state index contributed by atoms with van der Waals surface area (Å²) in [4.78, 5) is 10.6. The third-order valence-electron chi connectivity index (χ3n) is 11.5. The quantitative estimate of drug-likeness (QED) is 0.152. The highest BCUT2D eigenvalue weighted by Crippen LogP contribution is 2.36. The molecule has 3 heteroatoms. The van der Waals surface area contributed by atoms with Gasteiger partial charge in [0.1, 0.15) is 8.07 Å². The van der Waals surface area contributed by atoms with E-state index in [-0.39, 0.29) is 0 Å². The van der Waals surface area contributed by atoms with Gasteiger partial charge in [-0.25, -0.2) is 9.97 Å². The molecule has 0 spiro atoms. The number of fused-ring (bicyclic) bond motifs is 3. The van der Waals surface area contributed by atoms with Crippen molar-refractivity contribution in [2.45, 2.75) is 13.1 Å². The van der Waals surface area contributed by atoms with E-state index < -0.39 is 8.07 Å². The molecule has 0 saturated carbocycles. The number of benzene rings is 8. The minimum Gasteiger partial charge on any atom is -0.228 e. The van der Waals surface area contributed by atoms with Crippen molar-refractivity contribution in [2.24, 2.45) is 0 Å². The molecule has 1 aliphatic rings. The Bertz CT molecular complexity index is 2820. The van der Waals surface area contributed by atoms with Crippen LogP contribution in [0.3, 0.4) is 0 Å². The van der Waals surface area contributed by atoms with E-state index in [4.69, 9.17) is 9.97 Å². The van der Waals surface area contributed by atoms with Gasteiger partial charge in [0.15, 0.2) is 5.82 Å². The monoisotopic (exact) mass is 744 g/mol. The molecule has 0 atom stereocenters. The molecule has 8 aromatic carbocycles. The fourth-order valence-electron chi connectivity index (χ4n) is 8.48. The summed E-state index contributed by atoms with van der Waals surface area (Å²) in [6.07, 6.45) is 0. The van der Waals surface area contributed by atoms with Crippen LogP contribution in [0.15, 0.2) is 206 Å². The number of hydrogen-bond donors (Lipinski definition) is 0. The van der Waals surface area contributed by atoms with Crippen molar-refractivity contribution in [1.82, 2.24) is 9.97 Å². The molecule has 1 aliphatic heterocycles. The molecule has 2 nitrogen and oxygen atoms in total. The molecule has 2 heterocycles. The number of nitrogens with zero attached hydrogens (tertiary/aromatic N) is 2. The first-order valence-corrected chi connectivity index (χ1v) is 22.6. The molecule has 270 valence electrons. The Morgan fingerprint density at radius 2 is 0.667 bits per heavy atom. The minimum absolute atomic E-state index is 0.764. The van der Waals surface area contributed by atoms with Crippen LogP contribution >= 0.6 is 0 Å². The third kappa shape index (κ3) is 6.42. The van der Waals surface area contributed by atoms with Crippen LogP contribution in [0.5, 0.6) is 0 Å². The average molecular weight is 745 g/mol. The summed E-state index contributed by atoms with van der Waals surface area (Å²) in [6, 6.07) is 74.2. The lowest BCUT2D eigenvalue weighted by molar-refractivity contribution is 1.20. The third-order valence-corrected chi connectivity index (χ3v) is 15.0. The average Bonchev–Trinajstić information content (AvgIpc) is 3.52. The van der Waals surface area contributed by atoms with Crippen molar-refractivity contribution in [1.29, 1.82) is 0 Å². The highest BCUT2D eigenvalue weighted by molar-refractivity contribution is 7.04. The van der Waals surface area contributed by atoms with Crippen LogP contribution < -0.4 is 10.4 Å². The van der Waals surface area contributed by atoms with E-state index in [2.05, 4.69) is 219 Å². The van der Waals surface area contributed by atoms with Gasteiger partial charge in [-0.15, -0.1) is 0 Å². The molecule has 10 rings (SSSR count). The highest BCUT2D eigenvalue weighted by atomic mass is 28.3. The van der Waals surface area contributed by atoms with Gasteiger partial charge in [-0.1, -0.05) is 195 Å². The van der Waals surface area contributed by atoms with Gasteiger partial charge in [-0.2, -0.15) is 0 Å². The fourth-order valence-corrected chi connectivity index (χ4v) is 11.7. The van der Waals surface area contributed by atoms with Crippen LogP contribution in [-0.4, -0.2) is 18.0 Å². The Hall–Kier alpha value is -6.94. The predicted molar refractivity (Wildman–Crippen MR) is 242 cm³/mol. The van der Waals surface area contributed by atoms with Crippen molar-refractivity contribution >= 4 is 18.4 Å². The number of aromatic nitrogens is 2. The zero-order chi connectivity index (χ0) is 38.3. The molecule has 0 fully saturated rings. The molecule has 0 bridgehead atoms. The van der Waals surface area contributed by atoms with E-state index >= 15 is 0 Å². The Kier molecular flexibility index (Phi) is 8.66. The Balaban J connectivity index is 0.961. The zero-order valence-electron chi connectivity index (χ0n) is 32.0. The van der Waals surface area contributed by atoms with Crippen molar-refractivity contribution in [3.05, 3.63) is 206 Å². The van der Waals surface area contributed by atoms with Gasteiger partial charge >= 0.3 is 0 Å². The van der Waals surface area contributed by atoms with Crippen molar-refractivity contribution in [2.75, 3.05) is 0 Å². The molecule has 57 heavy (non-hydrogen) atoms. The Morgan fingerprint density at radius 1 is 0.298 bits per heavy atom. The molecular formula is C54H40N2Si. The lowest BCUT2D eigenvalue weighted by Gasteiger charge is -2.21. The van der Waals surface area contributed by atoms with Crippen molar-refractivity contribution in [3.63, 3.8) is 0 Å². The van der Waals surface area contributed by atoms with Crippen LogP contribution in [0.1, 0.15) is 0 Å². The molecule has 0 N–H and O–H groups in total. The first kappa shape index (κ1) is 34.5. The van der Waals surface area contributed by atoms with Gasteiger partial charge in [0, 0.05) is 11.1 Å². The van der Waals surface area contributed by atoms with Crippen LogP contribution in [0, 0.1) is 0 Å². The van der Waals surface area contributed by atoms with Gasteiger partial charge < -0.3 is 0 Å². The van der Waals surface area contributed by atoms with Crippen LogP contribution in [0.2, 0.25) is 13.1 Å². The van der Waals surface area contributed by atoms with E-state index in [1.165, 1.54) is 66.0 Å². The van der Waals surface area contributed by atoms with E-state index in [0.29, 0.717) is 0 Å². The lowest BCUT2D eigenvalue weighted by atomic mass is 9.92. The van der Waals surface area contributed by atoms with Gasteiger partial charge in [-0.05, 0) is 95.8 Å². The van der Waals surface area contributed by atoms with Gasteiger partial charge in [-0.3, -0.25) is 0 Å². The van der Waals surface area contributed by atoms with E-state index in [0.717, 1.165) is 33.9 Å². The highest BCUT2D eigenvalue weighted by Gasteiger charge is 2.41.